The average molecular weight is 418 g/mol. The van der Waals surface area contributed by atoms with Gasteiger partial charge in [0, 0.05) is 29.3 Å². The number of aromatic amines is 1. The first kappa shape index (κ1) is 20.3. The van der Waals surface area contributed by atoms with Gasteiger partial charge in [-0.25, -0.2) is 0 Å². The highest BCUT2D eigenvalue weighted by atomic mass is 19.4. The number of hydrogen-bond donors (Lipinski definition) is 2. The molecule has 1 amide bonds. The second-order valence-corrected chi connectivity index (χ2v) is 7.64. The van der Waals surface area contributed by atoms with Gasteiger partial charge in [-0.2, -0.15) is 13.2 Å². The maximum Gasteiger partial charge on any atom is 0.419 e. The van der Waals surface area contributed by atoms with E-state index in [4.69, 9.17) is 4.74 Å². The number of rotatable bonds is 5. The second kappa shape index (κ2) is 7.66. The normalized spacial score (nSPS) is 19.7. The van der Waals surface area contributed by atoms with Crippen LogP contribution < -0.4 is 15.6 Å². The molecular formula is C22H21F3N2O3. The van der Waals surface area contributed by atoms with Gasteiger partial charge in [0.05, 0.1) is 12.7 Å². The Balaban J connectivity index is 1.82. The summed E-state index contributed by atoms with van der Waals surface area (Å²) >= 11 is 0. The fourth-order valence-electron chi connectivity index (χ4n) is 3.76. The van der Waals surface area contributed by atoms with Crippen molar-refractivity contribution in [2.45, 2.75) is 43.8 Å². The summed E-state index contributed by atoms with van der Waals surface area (Å²) in [6, 6.07) is 6.92. The van der Waals surface area contributed by atoms with E-state index < -0.39 is 11.7 Å². The van der Waals surface area contributed by atoms with Gasteiger partial charge >= 0.3 is 6.18 Å². The van der Waals surface area contributed by atoms with Crippen molar-refractivity contribution in [3.63, 3.8) is 0 Å². The first-order valence-corrected chi connectivity index (χ1v) is 9.76. The van der Waals surface area contributed by atoms with Gasteiger partial charge in [-0.15, -0.1) is 0 Å². The van der Waals surface area contributed by atoms with Gasteiger partial charge in [0.15, 0.2) is 0 Å². The van der Waals surface area contributed by atoms with Crippen LogP contribution in [0.1, 0.15) is 54.0 Å². The van der Waals surface area contributed by atoms with E-state index in [0.717, 1.165) is 18.9 Å². The number of benzene rings is 1. The Labute approximate surface area is 171 Å². The Morgan fingerprint density at radius 1 is 1.13 bits per heavy atom. The number of carbonyl (C=O) groups excluding carboxylic acids is 1. The minimum absolute atomic E-state index is 0.112. The molecular weight excluding hydrogens is 397 g/mol. The number of ether oxygens (including phenoxy) is 1. The fourth-order valence-corrected chi connectivity index (χ4v) is 3.76. The Morgan fingerprint density at radius 3 is 2.47 bits per heavy atom. The van der Waals surface area contributed by atoms with Crippen LogP contribution >= 0.6 is 0 Å². The number of aromatic nitrogens is 1. The van der Waals surface area contributed by atoms with Crippen molar-refractivity contribution in [1.82, 2.24) is 10.3 Å². The molecule has 0 bridgehead atoms. The van der Waals surface area contributed by atoms with Gasteiger partial charge in [0.25, 0.3) is 5.56 Å². The number of H-pyrrole nitrogens is 1. The topological polar surface area (TPSA) is 71.2 Å². The number of methoxy groups -OCH3 is 1. The highest BCUT2D eigenvalue weighted by Gasteiger charge is 2.35. The van der Waals surface area contributed by atoms with E-state index in [9.17, 15) is 22.8 Å². The van der Waals surface area contributed by atoms with Crippen LogP contribution in [0.2, 0.25) is 0 Å². The van der Waals surface area contributed by atoms with Crippen LogP contribution in [0.3, 0.4) is 0 Å². The molecule has 2 fully saturated rings. The van der Waals surface area contributed by atoms with Crippen molar-refractivity contribution in [2.75, 3.05) is 7.11 Å². The lowest BCUT2D eigenvalue weighted by Gasteiger charge is -2.17. The van der Waals surface area contributed by atoms with E-state index in [0.29, 0.717) is 29.7 Å². The van der Waals surface area contributed by atoms with Crippen LogP contribution in [0.25, 0.3) is 5.57 Å². The molecule has 1 aromatic carbocycles. The minimum atomic E-state index is -4.60. The zero-order valence-corrected chi connectivity index (χ0v) is 16.3. The molecule has 1 saturated heterocycles. The van der Waals surface area contributed by atoms with Gasteiger partial charge in [0.2, 0.25) is 5.91 Å². The molecule has 30 heavy (non-hydrogen) atoms. The summed E-state index contributed by atoms with van der Waals surface area (Å²) in [5, 5.41) is 2.79. The van der Waals surface area contributed by atoms with Crippen molar-refractivity contribution in [3.05, 3.63) is 69.1 Å². The second-order valence-electron chi connectivity index (χ2n) is 7.64. The van der Waals surface area contributed by atoms with E-state index in [1.165, 1.54) is 19.2 Å². The van der Waals surface area contributed by atoms with E-state index in [1.54, 1.807) is 18.2 Å². The first-order valence-electron chi connectivity index (χ1n) is 9.76. The highest BCUT2D eigenvalue weighted by molar-refractivity contribution is 5.82. The number of amides is 1. The van der Waals surface area contributed by atoms with Crippen LogP contribution in [-0.4, -0.2) is 24.0 Å². The summed E-state index contributed by atoms with van der Waals surface area (Å²) < 4.78 is 45.5. The summed E-state index contributed by atoms with van der Waals surface area (Å²) in [5.74, 6) is -0.140. The standard InChI is InChI=1S/C22H21F3N2O3/c1-30-19-8-4-13(10-17(19)22(23,24)25)16(11-14-5-9-20(28)26-14)18-7-6-15(12-2-3-12)21(29)27-18/h4,6-8,10-12,14H,2-3,5,9H2,1H3,(H,26,28)(H,27,29)/b16-11+/t14-/m1/s1. The first-order chi connectivity index (χ1) is 14.3. The zero-order valence-electron chi connectivity index (χ0n) is 16.3. The predicted octanol–water partition coefficient (Wildman–Crippen LogP) is 3.99. The summed E-state index contributed by atoms with van der Waals surface area (Å²) in [6.45, 7) is 0. The molecule has 2 aliphatic rings. The number of pyridine rings is 1. The van der Waals surface area contributed by atoms with Crippen LogP contribution in [0.15, 0.2) is 41.2 Å². The van der Waals surface area contributed by atoms with Crippen molar-refractivity contribution >= 4 is 11.5 Å². The van der Waals surface area contributed by atoms with Crippen molar-refractivity contribution < 1.29 is 22.7 Å². The monoisotopic (exact) mass is 418 g/mol. The van der Waals surface area contributed by atoms with E-state index in [1.807, 2.05) is 0 Å². The fraction of sp³-hybridized carbons (Fsp3) is 0.364. The maximum atomic E-state index is 13.5. The van der Waals surface area contributed by atoms with Gasteiger partial charge < -0.3 is 15.0 Å². The van der Waals surface area contributed by atoms with E-state index >= 15 is 0 Å². The van der Waals surface area contributed by atoms with Gasteiger partial charge in [-0.3, -0.25) is 9.59 Å². The molecule has 2 aromatic rings. The highest BCUT2D eigenvalue weighted by Crippen LogP contribution is 2.40. The molecule has 0 unspecified atom stereocenters. The molecule has 2 heterocycles. The molecule has 0 spiro atoms. The van der Waals surface area contributed by atoms with Gasteiger partial charge in [0.1, 0.15) is 5.75 Å². The van der Waals surface area contributed by atoms with Crippen LogP contribution in [-0.2, 0) is 11.0 Å². The number of alkyl halides is 3. The third-order valence-corrected chi connectivity index (χ3v) is 5.46. The molecule has 2 N–H and O–H groups in total. The van der Waals surface area contributed by atoms with Crippen LogP contribution in [0.5, 0.6) is 5.75 Å². The molecule has 1 atom stereocenters. The molecule has 1 aliphatic heterocycles. The number of nitrogens with one attached hydrogen (secondary N) is 2. The zero-order chi connectivity index (χ0) is 21.5. The largest absolute Gasteiger partial charge is 0.496 e. The summed E-state index contributed by atoms with van der Waals surface area (Å²) in [4.78, 5) is 26.9. The summed E-state index contributed by atoms with van der Waals surface area (Å²) in [6.07, 6.45) is -0.0808. The minimum Gasteiger partial charge on any atom is -0.496 e. The molecule has 158 valence electrons. The van der Waals surface area contributed by atoms with Crippen molar-refractivity contribution in [3.8, 4) is 5.75 Å². The lowest BCUT2D eigenvalue weighted by molar-refractivity contribution is -0.138. The SMILES string of the molecule is COc1ccc(/C(=C\[C@H]2CCC(=O)N2)c2ccc(C3CC3)c(=O)[nH]2)cc1C(F)(F)F. The smallest absolute Gasteiger partial charge is 0.419 e. The third-order valence-electron chi connectivity index (χ3n) is 5.46. The Hall–Kier alpha value is -3.03. The van der Waals surface area contributed by atoms with Crippen molar-refractivity contribution in [2.24, 2.45) is 0 Å². The molecule has 5 nitrogen and oxygen atoms in total. The van der Waals surface area contributed by atoms with Gasteiger partial charge in [-0.05, 0) is 48.9 Å². The van der Waals surface area contributed by atoms with E-state index in [2.05, 4.69) is 10.3 Å². The number of carbonyl (C=O) groups is 1. The summed E-state index contributed by atoms with van der Waals surface area (Å²) in [5.41, 5.74) is 0.664. The van der Waals surface area contributed by atoms with Crippen molar-refractivity contribution in [1.29, 1.82) is 0 Å². The number of hydrogen-bond acceptors (Lipinski definition) is 3. The average Bonchev–Trinajstić information content (AvgIpc) is 3.46. The molecule has 1 saturated carbocycles. The molecule has 1 aromatic heterocycles. The van der Waals surface area contributed by atoms with Gasteiger partial charge in [-0.1, -0.05) is 18.2 Å². The number of halogens is 3. The lowest BCUT2D eigenvalue weighted by atomic mass is 9.96. The summed E-state index contributed by atoms with van der Waals surface area (Å²) in [7, 11) is 1.18. The predicted molar refractivity (Wildman–Crippen MR) is 105 cm³/mol. The molecule has 4 rings (SSSR count). The molecule has 1 aliphatic carbocycles. The Morgan fingerprint density at radius 2 is 1.90 bits per heavy atom. The molecule has 8 heteroatoms. The van der Waals surface area contributed by atoms with Crippen LogP contribution in [0, 0.1) is 0 Å². The Bertz CT molecular complexity index is 1070. The third kappa shape index (κ3) is 4.13. The molecule has 0 radical (unpaired) electrons. The van der Waals surface area contributed by atoms with E-state index in [-0.39, 0.29) is 34.7 Å². The quantitative estimate of drug-likeness (QED) is 0.771. The maximum absolute atomic E-state index is 13.5. The van der Waals surface area contributed by atoms with Crippen LogP contribution in [0.4, 0.5) is 13.2 Å². The Kier molecular flexibility index (Phi) is 5.17. The lowest BCUT2D eigenvalue weighted by Crippen LogP contribution is -2.24.